The van der Waals surface area contributed by atoms with Crippen LogP contribution >= 0.6 is 0 Å². The van der Waals surface area contributed by atoms with Gasteiger partial charge >= 0.3 is 24.1 Å². The minimum absolute atomic E-state index is 0.0251. The predicted octanol–water partition coefficient (Wildman–Crippen LogP) is 2.73. The fourth-order valence-electron chi connectivity index (χ4n) is 4.90. The number of esters is 2. The van der Waals surface area contributed by atoms with Gasteiger partial charge in [0.1, 0.15) is 25.4 Å². The molecule has 0 radical (unpaired) electrons. The standard InChI is InChI=1S/C24H36N2O8/c1-5-21(27)31-13-15(3)33-23(29)25-10-9-20-17-7-8-19(20)18(11-17)12-26-24(30)34-16(4)14-32-22(28)6-2/h5-6,15-20H,1-2,7-14H2,3-4H3,(H,25,29)(H,26,30). The summed E-state index contributed by atoms with van der Waals surface area (Å²) in [5, 5.41) is 5.60. The second-order valence-electron chi connectivity index (χ2n) is 8.86. The van der Waals surface area contributed by atoms with Crippen LogP contribution in [0.15, 0.2) is 25.3 Å². The number of carbonyl (C=O) groups is 4. The van der Waals surface area contributed by atoms with E-state index in [0.29, 0.717) is 36.8 Å². The molecule has 0 aromatic heterocycles. The SMILES string of the molecule is C=CC(=O)OCC(C)OC(=O)NCCC1C2CCC1C(CNC(=O)OC(C)COC(=O)C=C)C2. The summed E-state index contributed by atoms with van der Waals surface area (Å²) in [5.74, 6) is 0.818. The highest BCUT2D eigenvalue weighted by atomic mass is 16.6. The van der Waals surface area contributed by atoms with Crippen molar-refractivity contribution in [3.8, 4) is 0 Å². The first kappa shape index (κ1) is 27.2. The minimum Gasteiger partial charge on any atom is -0.459 e. The van der Waals surface area contributed by atoms with Crippen molar-refractivity contribution in [2.75, 3.05) is 26.3 Å². The lowest BCUT2D eigenvalue weighted by atomic mass is 9.87. The molecule has 2 bridgehead atoms. The molecule has 2 saturated carbocycles. The third-order valence-corrected chi connectivity index (χ3v) is 6.36. The summed E-state index contributed by atoms with van der Waals surface area (Å²) in [5.41, 5.74) is 0. The summed E-state index contributed by atoms with van der Waals surface area (Å²) in [4.78, 5) is 46.2. The van der Waals surface area contributed by atoms with Gasteiger partial charge in [-0.15, -0.1) is 0 Å². The topological polar surface area (TPSA) is 129 Å². The van der Waals surface area contributed by atoms with Gasteiger partial charge in [-0.25, -0.2) is 19.2 Å². The molecule has 2 fully saturated rings. The van der Waals surface area contributed by atoms with Gasteiger partial charge in [0.25, 0.3) is 0 Å². The van der Waals surface area contributed by atoms with Gasteiger partial charge in [-0.2, -0.15) is 0 Å². The number of ether oxygens (including phenoxy) is 4. The quantitative estimate of drug-likeness (QED) is 0.234. The number of hydrogen-bond acceptors (Lipinski definition) is 8. The zero-order valence-corrected chi connectivity index (χ0v) is 20.0. The molecule has 2 aliphatic rings. The Hall–Kier alpha value is -3.04. The van der Waals surface area contributed by atoms with Gasteiger partial charge < -0.3 is 29.6 Å². The van der Waals surface area contributed by atoms with Gasteiger partial charge in [0, 0.05) is 25.2 Å². The number of fused-ring (bicyclic) bond motifs is 2. The van der Waals surface area contributed by atoms with Crippen LogP contribution in [-0.4, -0.2) is 62.6 Å². The van der Waals surface area contributed by atoms with E-state index in [9.17, 15) is 19.2 Å². The van der Waals surface area contributed by atoms with E-state index in [1.54, 1.807) is 13.8 Å². The molecule has 2 amide bonds. The van der Waals surface area contributed by atoms with Crippen LogP contribution in [-0.2, 0) is 28.5 Å². The molecule has 0 saturated heterocycles. The molecule has 0 heterocycles. The third kappa shape index (κ3) is 8.72. The lowest BCUT2D eigenvalue weighted by Crippen LogP contribution is -2.35. The predicted molar refractivity (Wildman–Crippen MR) is 123 cm³/mol. The number of carbonyl (C=O) groups excluding carboxylic acids is 4. The summed E-state index contributed by atoms with van der Waals surface area (Å²) in [6.45, 7) is 10.9. The van der Waals surface area contributed by atoms with Gasteiger partial charge in [-0.05, 0) is 63.2 Å². The van der Waals surface area contributed by atoms with Crippen LogP contribution in [0.25, 0.3) is 0 Å². The molecule has 0 aromatic carbocycles. The highest BCUT2D eigenvalue weighted by Crippen LogP contribution is 2.53. The average Bonchev–Trinajstić information content (AvgIpc) is 3.36. The zero-order chi connectivity index (χ0) is 25.1. The number of rotatable bonds is 13. The fraction of sp³-hybridized carbons (Fsp3) is 0.667. The highest BCUT2D eigenvalue weighted by molar-refractivity contribution is 5.81. The first-order valence-corrected chi connectivity index (χ1v) is 11.7. The van der Waals surface area contributed by atoms with Crippen LogP contribution in [0.3, 0.4) is 0 Å². The van der Waals surface area contributed by atoms with E-state index in [0.717, 1.165) is 37.8 Å². The normalized spacial score (nSPS) is 24.3. The molecule has 6 unspecified atom stereocenters. The van der Waals surface area contributed by atoms with Crippen LogP contribution in [0.1, 0.15) is 39.5 Å². The van der Waals surface area contributed by atoms with E-state index in [1.807, 2.05) is 0 Å². The lowest BCUT2D eigenvalue weighted by Gasteiger charge is -2.23. The average molecular weight is 481 g/mol. The van der Waals surface area contributed by atoms with Crippen LogP contribution in [0.4, 0.5) is 9.59 Å². The van der Waals surface area contributed by atoms with Crippen molar-refractivity contribution in [3.05, 3.63) is 25.3 Å². The minimum atomic E-state index is -0.562. The summed E-state index contributed by atoms with van der Waals surface area (Å²) in [6.07, 6.45) is 4.09. The van der Waals surface area contributed by atoms with Crippen molar-refractivity contribution in [2.45, 2.75) is 51.7 Å². The van der Waals surface area contributed by atoms with Crippen molar-refractivity contribution in [3.63, 3.8) is 0 Å². The van der Waals surface area contributed by atoms with Gasteiger partial charge in [0.05, 0.1) is 0 Å². The molecule has 2 N–H and O–H groups in total. The zero-order valence-electron chi connectivity index (χ0n) is 20.0. The summed E-state index contributed by atoms with van der Waals surface area (Å²) < 4.78 is 20.1. The Balaban J connectivity index is 1.64. The van der Waals surface area contributed by atoms with E-state index in [2.05, 4.69) is 23.8 Å². The fourth-order valence-corrected chi connectivity index (χ4v) is 4.90. The Bertz CT molecular complexity index is 755. The second-order valence-corrected chi connectivity index (χ2v) is 8.86. The van der Waals surface area contributed by atoms with Crippen LogP contribution in [0, 0.1) is 23.7 Å². The summed E-state index contributed by atoms with van der Waals surface area (Å²) in [7, 11) is 0. The van der Waals surface area contributed by atoms with Crippen molar-refractivity contribution >= 4 is 24.1 Å². The maximum Gasteiger partial charge on any atom is 0.407 e. The molecular weight excluding hydrogens is 444 g/mol. The number of hydrogen-bond donors (Lipinski definition) is 2. The lowest BCUT2D eigenvalue weighted by molar-refractivity contribution is -0.141. The first-order valence-electron chi connectivity index (χ1n) is 11.7. The number of nitrogens with one attached hydrogen (secondary N) is 2. The van der Waals surface area contributed by atoms with E-state index in [1.165, 1.54) is 0 Å². The van der Waals surface area contributed by atoms with Crippen LogP contribution in [0.2, 0.25) is 0 Å². The van der Waals surface area contributed by atoms with Gasteiger partial charge in [-0.3, -0.25) is 0 Å². The third-order valence-electron chi connectivity index (χ3n) is 6.36. The number of alkyl carbamates (subject to hydrolysis) is 2. The molecule has 0 aromatic rings. The maximum atomic E-state index is 12.1. The monoisotopic (exact) mass is 480 g/mol. The van der Waals surface area contributed by atoms with Crippen molar-refractivity contribution in [1.82, 2.24) is 10.6 Å². The van der Waals surface area contributed by atoms with Gasteiger partial charge in [0.2, 0.25) is 0 Å². The number of amides is 2. The van der Waals surface area contributed by atoms with E-state index in [4.69, 9.17) is 18.9 Å². The molecule has 0 aliphatic heterocycles. The molecule has 6 atom stereocenters. The van der Waals surface area contributed by atoms with Crippen molar-refractivity contribution in [2.24, 2.45) is 23.7 Å². The summed E-state index contributed by atoms with van der Waals surface area (Å²) in [6, 6.07) is 0. The molecule has 0 spiro atoms. The Kier molecular flexibility index (Phi) is 10.9. The molecular formula is C24H36N2O8. The van der Waals surface area contributed by atoms with Crippen molar-refractivity contribution < 1.29 is 38.1 Å². The Morgan fingerprint density at radius 1 is 0.912 bits per heavy atom. The largest absolute Gasteiger partial charge is 0.459 e. The first-order chi connectivity index (χ1) is 16.2. The summed E-state index contributed by atoms with van der Waals surface area (Å²) >= 11 is 0. The Morgan fingerprint density at radius 3 is 2.03 bits per heavy atom. The Morgan fingerprint density at radius 2 is 1.47 bits per heavy atom. The molecule has 10 nitrogen and oxygen atoms in total. The molecule has 2 aliphatic carbocycles. The smallest absolute Gasteiger partial charge is 0.407 e. The van der Waals surface area contributed by atoms with Gasteiger partial charge in [0.15, 0.2) is 0 Å². The molecule has 10 heteroatoms. The van der Waals surface area contributed by atoms with Crippen molar-refractivity contribution in [1.29, 1.82) is 0 Å². The second kappa shape index (κ2) is 13.6. The van der Waals surface area contributed by atoms with E-state index in [-0.39, 0.29) is 13.2 Å². The van der Waals surface area contributed by atoms with Crippen LogP contribution < -0.4 is 10.6 Å². The van der Waals surface area contributed by atoms with E-state index >= 15 is 0 Å². The maximum absolute atomic E-state index is 12.1. The van der Waals surface area contributed by atoms with Crippen LogP contribution in [0.5, 0.6) is 0 Å². The molecule has 190 valence electrons. The van der Waals surface area contributed by atoms with Gasteiger partial charge in [-0.1, -0.05) is 13.2 Å². The molecule has 34 heavy (non-hydrogen) atoms. The van der Waals surface area contributed by atoms with E-state index < -0.39 is 36.3 Å². The Labute approximate surface area is 200 Å². The molecule has 2 rings (SSSR count). The highest BCUT2D eigenvalue weighted by Gasteiger charge is 2.47.